The van der Waals surface area contributed by atoms with Crippen LogP contribution >= 0.6 is 0 Å². The van der Waals surface area contributed by atoms with Crippen molar-refractivity contribution in [2.24, 2.45) is 0 Å². The fraction of sp³-hybridized carbons (Fsp3) is 0.200. The van der Waals surface area contributed by atoms with Gasteiger partial charge >= 0.3 is 0 Å². The number of rotatable bonds is 6. The number of allylic oxidation sites excluding steroid dienone is 6. The van der Waals surface area contributed by atoms with E-state index in [1.54, 1.807) is 6.08 Å². The molecule has 92 valence electrons. The minimum absolute atomic E-state index is 0. The van der Waals surface area contributed by atoms with Gasteiger partial charge in [0, 0.05) is 26.8 Å². The molecule has 0 radical (unpaired) electrons. The van der Waals surface area contributed by atoms with Crippen LogP contribution in [0, 0.1) is 6.08 Å². The zero-order valence-electron chi connectivity index (χ0n) is 10.8. The minimum atomic E-state index is 0. The maximum absolute atomic E-state index is 5.36. The van der Waals surface area contributed by atoms with Crippen LogP contribution in [0.25, 0.3) is 0 Å². The Morgan fingerprint density at radius 3 is 1.94 bits per heavy atom. The summed E-state index contributed by atoms with van der Waals surface area (Å²) in [5.74, 6) is 1.02. The fourth-order valence-corrected chi connectivity index (χ4v) is 0.796. The van der Waals surface area contributed by atoms with Crippen LogP contribution in [0.5, 0.6) is 0 Å². The molecule has 0 aliphatic heterocycles. The van der Waals surface area contributed by atoms with E-state index >= 15 is 0 Å². The summed E-state index contributed by atoms with van der Waals surface area (Å²) in [7, 11) is 0. The molecular weight excluding hydrogens is 380 g/mol. The molecule has 0 rings (SSSR count). The third-order valence-electron chi connectivity index (χ3n) is 1.79. The molecule has 0 heterocycles. The molecule has 0 aromatic heterocycles. The van der Waals surface area contributed by atoms with Crippen molar-refractivity contribution in [3.05, 3.63) is 72.8 Å². The van der Waals surface area contributed by atoms with Gasteiger partial charge in [-0.2, -0.15) is 18.2 Å². The predicted octanol–water partition coefficient (Wildman–Crippen LogP) is 4.49. The molecule has 0 saturated heterocycles. The summed E-state index contributed by atoms with van der Waals surface area (Å²) >= 11 is 0. The average Bonchev–Trinajstić information content (AvgIpc) is 2.14. The molecule has 2 heteroatoms. The van der Waals surface area contributed by atoms with E-state index in [0.717, 1.165) is 16.7 Å². The van der Waals surface area contributed by atoms with Crippen LogP contribution in [0.3, 0.4) is 0 Å². The molecule has 0 aromatic carbocycles. The summed E-state index contributed by atoms with van der Waals surface area (Å²) in [6.45, 7) is 20.8. The SMILES string of the molecule is C=C(C)[C-]=CC(=C)OC(=C)/C=C(/C)C(=C)C.[W]. The first-order valence-corrected chi connectivity index (χ1v) is 4.98. The minimum Gasteiger partial charge on any atom is -0.517 e. The normalized spacial score (nSPS) is 10.6. The first-order chi connectivity index (χ1) is 7.32. The van der Waals surface area contributed by atoms with E-state index in [1.165, 1.54) is 0 Å². The van der Waals surface area contributed by atoms with Crippen LogP contribution in [0.1, 0.15) is 20.8 Å². The number of ether oxygens (including phenoxy) is 1. The monoisotopic (exact) mass is 399 g/mol. The van der Waals surface area contributed by atoms with Gasteiger partial charge in [-0.05, 0) is 25.5 Å². The predicted molar refractivity (Wildman–Crippen MR) is 70.6 cm³/mol. The standard InChI is InChI=1S/C15H19O.W/c1-11(2)8-9-14(6)16-15(7)10-13(5)12(3)4;/h9-10H,1,3,6-7H2,2,4-5H3;/q-1;/b13-10-;. The number of hydrogen-bond donors (Lipinski definition) is 0. The Bertz CT molecular complexity index is 384. The quantitative estimate of drug-likeness (QED) is 0.364. The molecule has 17 heavy (non-hydrogen) atoms. The van der Waals surface area contributed by atoms with Crippen LogP contribution in [0.2, 0.25) is 0 Å². The van der Waals surface area contributed by atoms with E-state index in [0.29, 0.717) is 11.5 Å². The van der Waals surface area contributed by atoms with E-state index in [-0.39, 0.29) is 21.1 Å². The molecule has 0 aliphatic rings. The van der Waals surface area contributed by atoms with Crippen LogP contribution in [-0.2, 0) is 25.8 Å². The van der Waals surface area contributed by atoms with Crippen molar-refractivity contribution in [3.8, 4) is 0 Å². The molecule has 0 spiro atoms. The van der Waals surface area contributed by atoms with Gasteiger partial charge < -0.3 is 4.74 Å². The summed E-state index contributed by atoms with van der Waals surface area (Å²) in [4.78, 5) is 0. The van der Waals surface area contributed by atoms with E-state index < -0.39 is 0 Å². The molecule has 0 atom stereocenters. The van der Waals surface area contributed by atoms with Crippen molar-refractivity contribution in [2.75, 3.05) is 0 Å². The maximum Gasteiger partial charge on any atom is 0.104 e. The first-order valence-electron chi connectivity index (χ1n) is 4.98. The van der Waals surface area contributed by atoms with Gasteiger partial charge in [0.1, 0.15) is 5.76 Å². The molecule has 0 saturated carbocycles. The van der Waals surface area contributed by atoms with Gasteiger partial charge in [0.05, 0.1) is 0 Å². The summed E-state index contributed by atoms with van der Waals surface area (Å²) in [6.07, 6.45) is 6.36. The van der Waals surface area contributed by atoms with E-state index in [4.69, 9.17) is 4.74 Å². The van der Waals surface area contributed by atoms with Crippen LogP contribution in [0.15, 0.2) is 66.7 Å². The number of hydrogen-bond acceptors (Lipinski definition) is 1. The van der Waals surface area contributed by atoms with Crippen molar-refractivity contribution in [3.63, 3.8) is 0 Å². The summed E-state index contributed by atoms with van der Waals surface area (Å²) in [5.41, 5.74) is 2.84. The molecule has 0 unspecified atom stereocenters. The van der Waals surface area contributed by atoms with Crippen molar-refractivity contribution in [2.45, 2.75) is 20.8 Å². The van der Waals surface area contributed by atoms with Gasteiger partial charge in [-0.15, -0.1) is 12.7 Å². The molecule has 0 bridgehead atoms. The smallest absolute Gasteiger partial charge is 0.104 e. The largest absolute Gasteiger partial charge is 0.517 e. The zero-order chi connectivity index (χ0) is 12.7. The van der Waals surface area contributed by atoms with Crippen molar-refractivity contribution in [1.29, 1.82) is 0 Å². The van der Waals surface area contributed by atoms with E-state index in [9.17, 15) is 0 Å². The maximum atomic E-state index is 5.36. The van der Waals surface area contributed by atoms with Crippen molar-refractivity contribution >= 4 is 0 Å². The first kappa shape index (κ1) is 18.3. The van der Waals surface area contributed by atoms with Gasteiger partial charge in [0.2, 0.25) is 0 Å². The Balaban J connectivity index is 0. The second kappa shape index (κ2) is 9.01. The fourth-order valence-electron chi connectivity index (χ4n) is 0.796. The van der Waals surface area contributed by atoms with Crippen LogP contribution in [-0.4, -0.2) is 0 Å². The Labute approximate surface area is 119 Å². The summed E-state index contributed by atoms with van der Waals surface area (Å²) in [6, 6.07) is 0. The van der Waals surface area contributed by atoms with Crippen LogP contribution in [0.4, 0.5) is 0 Å². The molecule has 0 amide bonds. The second-order valence-corrected chi connectivity index (χ2v) is 3.71. The van der Waals surface area contributed by atoms with Crippen molar-refractivity contribution in [1.82, 2.24) is 0 Å². The second-order valence-electron chi connectivity index (χ2n) is 3.71. The average molecular weight is 399 g/mol. The van der Waals surface area contributed by atoms with Gasteiger partial charge in [-0.25, -0.2) is 0 Å². The Morgan fingerprint density at radius 2 is 1.53 bits per heavy atom. The van der Waals surface area contributed by atoms with E-state index in [2.05, 4.69) is 32.4 Å². The van der Waals surface area contributed by atoms with Crippen LogP contribution < -0.4 is 0 Å². The van der Waals surface area contributed by atoms with Gasteiger partial charge in [-0.3, -0.25) is 0 Å². The van der Waals surface area contributed by atoms with Gasteiger partial charge in [0.15, 0.2) is 0 Å². The third-order valence-corrected chi connectivity index (χ3v) is 1.79. The van der Waals surface area contributed by atoms with Gasteiger partial charge in [0.25, 0.3) is 0 Å². The van der Waals surface area contributed by atoms with Gasteiger partial charge in [-0.1, -0.05) is 25.7 Å². The Kier molecular flexibility index (Phi) is 9.70. The molecular formula is C15H19OW-. The topological polar surface area (TPSA) is 9.23 Å². The Hall–Kier alpha value is -1.07. The zero-order valence-corrected chi connectivity index (χ0v) is 13.7. The Morgan fingerprint density at radius 1 is 1.00 bits per heavy atom. The van der Waals surface area contributed by atoms with E-state index in [1.807, 2.05) is 26.8 Å². The summed E-state index contributed by atoms with van der Waals surface area (Å²) < 4.78 is 5.36. The molecule has 1 nitrogen and oxygen atoms in total. The third kappa shape index (κ3) is 9.83. The molecule has 0 aromatic rings. The van der Waals surface area contributed by atoms with Crippen molar-refractivity contribution < 1.29 is 25.8 Å². The molecule has 0 N–H and O–H groups in total. The summed E-state index contributed by atoms with van der Waals surface area (Å²) in [5, 5.41) is 0. The molecule has 0 fully saturated rings. The molecule has 0 aliphatic carbocycles.